The molecule has 1 aliphatic heterocycles. The lowest BCUT2D eigenvalue weighted by molar-refractivity contribution is -0.420. The highest BCUT2D eigenvalue weighted by molar-refractivity contribution is 5.94. The number of carboxylic acids is 1. The number of carbonyl (C=O) groups excluding carboxylic acids is 1. The number of aromatic carboxylic acids is 1. The third-order valence-corrected chi connectivity index (χ3v) is 9.79. The maximum atomic E-state index is 13.5. The molecular weight excluding hydrogens is 596 g/mol. The molecule has 4 atom stereocenters. The molecule has 1 fully saturated rings. The minimum absolute atomic E-state index is 0.000662. The summed E-state index contributed by atoms with van der Waals surface area (Å²) in [6.45, 7) is 4.96. The van der Waals surface area contributed by atoms with Crippen molar-refractivity contribution < 1.29 is 24.4 Å². The number of carboxylic acid groups (broad SMARTS) is 1. The smallest absolute Gasteiger partial charge is 0.337 e. The van der Waals surface area contributed by atoms with Crippen molar-refractivity contribution in [2.24, 2.45) is 17.8 Å². The van der Waals surface area contributed by atoms with E-state index < -0.39 is 16.8 Å². The number of allylic oxidation sites excluding steroid dienone is 1. The van der Waals surface area contributed by atoms with Crippen molar-refractivity contribution in [1.29, 1.82) is 0 Å². The first-order chi connectivity index (χ1) is 22.8. The molecule has 47 heavy (non-hydrogen) atoms. The lowest BCUT2D eigenvalue weighted by Crippen LogP contribution is -2.52. The van der Waals surface area contributed by atoms with Gasteiger partial charge in [0.25, 0.3) is 11.6 Å². The van der Waals surface area contributed by atoms with Gasteiger partial charge in [-0.2, -0.15) is 0 Å². The van der Waals surface area contributed by atoms with Gasteiger partial charge < -0.3 is 20.1 Å². The number of piperidine rings is 1. The van der Waals surface area contributed by atoms with E-state index >= 15 is 0 Å². The molecule has 2 aromatic carbocycles. The summed E-state index contributed by atoms with van der Waals surface area (Å²) in [4.78, 5) is 42.5. The fraction of sp³-hybridized carbons (Fsp3) is 0.378. The number of nitro groups is 1. The molecule has 2 N–H and O–H groups in total. The molecule has 1 aliphatic carbocycles. The van der Waals surface area contributed by atoms with Gasteiger partial charge in [-0.15, -0.1) is 0 Å². The van der Waals surface area contributed by atoms with Crippen molar-refractivity contribution in [3.8, 4) is 0 Å². The van der Waals surface area contributed by atoms with Gasteiger partial charge in [-0.3, -0.25) is 19.9 Å². The number of nitrogens with zero attached hydrogens (tertiary/aromatic N) is 3. The molecule has 0 saturated carbocycles. The van der Waals surface area contributed by atoms with Crippen LogP contribution >= 0.6 is 0 Å². The van der Waals surface area contributed by atoms with Gasteiger partial charge in [0.1, 0.15) is 5.69 Å². The van der Waals surface area contributed by atoms with Gasteiger partial charge in [0.2, 0.25) is 0 Å². The molecule has 0 bridgehead atoms. The number of benzene rings is 2. The highest BCUT2D eigenvalue weighted by Gasteiger charge is 2.45. The Kier molecular flexibility index (Phi) is 11.0. The maximum Gasteiger partial charge on any atom is 0.337 e. The molecule has 3 aromatic rings. The summed E-state index contributed by atoms with van der Waals surface area (Å²) < 4.78 is 5.45. The summed E-state index contributed by atoms with van der Waals surface area (Å²) in [5, 5.41) is 24.0. The largest absolute Gasteiger partial charge is 0.478 e. The minimum Gasteiger partial charge on any atom is -0.478 e. The van der Waals surface area contributed by atoms with E-state index in [0.29, 0.717) is 18.9 Å². The van der Waals surface area contributed by atoms with Gasteiger partial charge in [-0.1, -0.05) is 80.1 Å². The first kappa shape index (κ1) is 33.7. The molecule has 1 amide bonds. The number of nitrogens with one attached hydrogen (secondary N) is 1. The summed E-state index contributed by atoms with van der Waals surface area (Å²) in [7, 11) is 1.56. The molecule has 0 spiro atoms. The second-order valence-corrected chi connectivity index (χ2v) is 12.4. The van der Waals surface area contributed by atoms with Crippen molar-refractivity contribution in [3.63, 3.8) is 0 Å². The van der Waals surface area contributed by atoms with Crippen molar-refractivity contribution in [3.05, 3.63) is 135 Å². The number of carbonyl (C=O) groups is 2. The quantitative estimate of drug-likeness (QED) is 0.183. The third kappa shape index (κ3) is 7.50. The Hall–Kier alpha value is -4.67. The van der Waals surface area contributed by atoms with Crippen LogP contribution in [-0.2, 0) is 10.2 Å². The highest BCUT2D eigenvalue weighted by atomic mass is 16.6. The van der Waals surface area contributed by atoms with E-state index in [1.54, 1.807) is 19.3 Å². The van der Waals surface area contributed by atoms with E-state index in [1.165, 1.54) is 29.3 Å². The number of methoxy groups -OCH3 is 1. The Morgan fingerprint density at radius 1 is 1.11 bits per heavy atom. The molecule has 246 valence electrons. The summed E-state index contributed by atoms with van der Waals surface area (Å²) in [5.74, 6) is -1.79. The number of hydrogen-bond donors (Lipinski definition) is 2. The van der Waals surface area contributed by atoms with Gasteiger partial charge >= 0.3 is 5.97 Å². The Labute approximate surface area is 275 Å². The van der Waals surface area contributed by atoms with Crippen LogP contribution in [0.3, 0.4) is 0 Å². The van der Waals surface area contributed by atoms with E-state index in [1.807, 2.05) is 0 Å². The minimum atomic E-state index is -1.12. The van der Waals surface area contributed by atoms with Crippen LogP contribution in [0.25, 0.3) is 0 Å². The van der Waals surface area contributed by atoms with Crippen LogP contribution in [-0.4, -0.2) is 71.2 Å². The van der Waals surface area contributed by atoms with Crippen LogP contribution in [0.2, 0.25) is 0 Å². The van der Waals surface area contributed by atoms with E-state index in [9.17, 15) is 24.8 Å². The van der Waals surface area contributed by atoms with Gasteiger partial charge in [-0.05, 0) is 54.6 Å². The second-order valence-electron chi connectivity index (χ2n) is 12.4. The maximum absolute atomic E-state index is 13.5. The average Bonchev–Trinajstić information content (AvgIpc) is 3.10. The number of pyridine rings is 1. The predicted octanol–water partition coefficient (Wildman–Crippen LogP) is 5.60. The topological polar surface area (TPSA) is 135 Å². The summed E-state index contributed by atoms with van der Waals surface area (Å²) in [5.41, 5.74) is 2.63. The molecular formula is C37H42N4O6. The lowest BCUT2D eigenvalue weighted by Gasteiger charge is -2.49. The van der Waals surface area contributed by atoms with Gasteiger partial charge in [0.15, 0.2) is 0 Å². The van der Waals surface area contributed by atoms with Crippen molar-refractivity contribution in [1.82, 2.24) is 15.2 Å². The van der Waals surface area contributed by atoms with Crippen LogP contribution < -0.4 is 5.32 Å². The number of rotatable bonds is 13. The number of amides is 1. The first-order valence-corrected chi connectivity index (χ1v) is 16.1. The number of aromatic nitrogens is 1. The number of likely N-dealkylation sites (tertiary alicyclic amines) is 1. The summed E-state index contributed by atoms with van der Waals surface area (Å²) >= 11 is 0. The van der Waals surface area contributed by atoms with Crippen LogP contribution in [0.5, 0.6) is 0 Å². The zero-order chi connectivity index (χ0) is 33.4. The summed E-state index contributed by atoms with van der Waals surface area (Å²) in [6, 6.07) is 23.9. The Balaban J connectivity index is 1.38. The van der Waals surface area contributed by atoms with Gasteiger partial charge in [-0.25, -0.2) is 4.79 Å². The average molecular weight is 639 g/mol. The van der Waals surface area contributed by atoms with Crippen molar-refractivity contribution >= 4 is 11.9 Å². The second kappa shape index (κ2) is 15.3. The van der Waals surface area contributed by atoms with Crippen molar-refractivity contribution in [2.45, 2.75) is 37.6 Å². The fourth-order valence-corrected chi connectivity index (χ4v) is 7.40. The fourth-order valence-electron chi connectivity index (χ4n) is 7.40. The Bertz CT molecular complexity index is 1550. The van der Waals surface area contributed by atoms with E-state index in [4.69, 9.17) is 4.74 Å². The monoisotopic (exact) mass is 638 g/mol. The van der Waals surface area contributed by atoms with Crippen LogP contribution in [0.4, 0.5) is 0 Å². The number of ether oxygens (including phenoxy) is 1. The SMILES string of the molecule is CCC1CN(CCC(NC(=O)c2ccc(C(=O)O)cn2)C2C=CC([N+](=O)[O-])=CC2COC)CCC1(c1ccccc1)c1ccccc1. The molecule has 10 heteroatoms. The highest BCUT2D eigenvalue weighted by Crippen LogP contribution is 2.46. The normalized spacial score (nSPS) is 21.4. The molecule has 4 unspecified atom stereocenters. The van der Waals surface area contributed by atoms with Gasteiger partial charge in [0, 0.05) is 55.8 Å². The van der Waals surface area contributed by atoms with Crippen LogP contribution in [0.1, 0.15) is 58.2 Å². The number of hydrogen-bond acceptors (Lipinski definition) is 7. The zero-order valence-corrected chi connectivity index (χ0v) is 26.8. The Morgan fingerprint density at radius 2 is 1.79 bits per heavy atom. The first-order valence-electron chi connectivity index (χ1n) is 16.1. The van der Waals surface area contributed by atoms with E-state index in [0.717, 1.165) is 32.1 Å². The van der Waals surface area contributed by atoms with E-state index in [2.05, 4.69) is 82.8 Å². The molecule has 0 radical (unpaired) electrons. The third-order valence-electron chi connectivity index (χ3n) is 9.79. The molecule has 1 aromatic heterocycles. The van der Waals surface area contributed by atoms with Crippen molar-refractivity contribution in [2.75, 3.05) is 33.4 Å². The molecule has 5 rings (SSSR count). The lowest BCUT2D eigenvalue weighted by atomic mass is 9.61. The predicted molar refractivity (Wildman–Crippen MR) is 179 cm³/mol. The van der Waals surface area contributed by atoms with Crippen LogP contribution in [0.15, 0.2) is 103 Å². The molecule has 1 saturated heterocycles. The van der Waals surface area contributed by atoms with Gasteiger partial charge in [0.05, 0.1) is 17.1 Å². The Morgan fingerprint density at radius 3 is 2.34 bits per heavy atom. The molecule has 2 heterocycles. The van der Waals surface area contributed by atoms with E-state index in [-0.39, 0.29) is 46.9 Å². The summed E-state index contributed by atoms with van der Waals surface area (Å²) in [6.07, 6.45) is 8.60. The molecule has 10 nitrogen and oxygen atoms in total. The standard InChI is InChI=1S/C37H42N4O6/c1-3-28-24-40(21-19-37(28,29-10-6-4-7-11-29)30-12-8-5-9-13-30)20-18-33(32-16-15-31(41(45)46)22-27(32)25-47-2)39-35(42)34-17-14-26(23-38-34)36(43)44/h4-17,22-23,27-28,32-33H,3,18-21,24-25H2,1-2H3,(H,39,42)(H,43,44). The molecule has 2 aliphatic rings. The van der Waals surface area contributed by atoms with Crippen LogP contribution in [0, 0.1) is 27.9 Å². The zero-order valence-electron chi connectivity index (χ0n) is 26.8.